The van der Waals surface area contributed by atoms with Gasteiger partial charge in [-0.1, -0.05) is 0 Å². The molecule has 0 atom stereocenters. The number of aromatic nitrogens is 1. The second-order valence-electron chi connectivity index (χ2n) is 4.48. The molecule has 2 aromatic rings. The van der Waals surface area contributed by atoms with Crippen LogP contribution in [0.5, 0.6) is 0 Å². The van der Waals surface area contributed by atoms with Gasteiger partial charge in [-0.25, -0.2) is 4.79 Å². The van der Waals surface area contributed by atoms with Crippen molar-refractivity contribution in [3.63, 3.8) is 0 Å². The number of hydrogen-bond acceptors (Lipinski definition) is 2. The molecule has 1 heterocycles. The summed E-state index contributed by atoms with van der Waals surface area (Å²) in [6.07, 6.45) is -4.40. The highest BCUT2D eigenvalue weighted by molar-refractivity contribution is 5.99. The molecular formula is C14H14F3NO2. The molecule has 3 nitrogen and oxygen atoms in total. The van der Waals surface area contributed by atoms with Gasteiger partial charge in [0, 0.05) is 18.0 Å². The maximum Gasteiger partial charge on any atom is 0.416 e. The number of alkyl halides is 3. The van der Waals surface area contributed by atoms with E-state index in [0.29, 0.717) is 16.5 Å². The summed E-state index contributed by atoms with van der Waals surface area (Å²) < 4.78 is 44.7. The molecule has 1 aromatic carbocycles. The molecule has 0 aliphatic rings. The van der Waals surface area contributed by atoms with Crippen LogP contribution in [-0.4, -0.2) is 17.1 Å². The van der Waals surface area contributed by atoms with E-state index < -0.39 is 17.7 Å². The summed E-state index contributed by atoms with van der Waals surface area (Å²) in [7, 11) is 1.63. The van der Waals surface area contributed by atoms with Crippen molar-refractivity contribution < 1.29 is 22.7 Å². The number of fused-ring (bicyclic) bond motifs is 1. The first-order valence-electron chi connectivity index (χ1n) is 6.10. The molecule has 0 aliphatic carbocycles. The topological polar surface area (TPSA) is 31.2 Å². The monoisotopic (exact) mass is 285 g/mol. The third-order valence-corrected chi connectivity index (χ3v) is 3.25. The molecule has 0 unspecified atom stereocenters. The third-order valence-electron chi connectivity index (χ3n) is 3.25. The maximum absolute atomic E-state index is 12.7. The predicted molar refractivity (Wildman–Crippen MR) is 68.6 cm³/mol. The largest absolute Gasteiger partial charge is 0.461 e. The van der Waals surface area contributed by atoms with Crippen LogP contribution in [0.2, 0.25) is 0 Å². The van der Waals surface area contributed by atoms with Crippen LogP contribution in [-0.2, 0) is 18.0 Å². The second kappa shape index (κ2) is 4.85. The number of rotatable bonds is 2. The number of benzene rings is 1. The molecule has 0 N–H and O–H groups in total. The number of halogens is 3. The van der Waals surface area contributed by atoms with Gasteiger partial charge in [0.15, 0.2) is 0 Å². The number of carbonyl (C=O) groups excluding carboxylic acids is 1. The van der Waals surface area contributed by atoms with Gasteiger partial charge in [-0.2, -0.15) is 13.2 Å². The smallest absolute Gasteiger partial charge is 0.416 e. The lowest BCUT2D eigenvalue weighted by atomic mass is 10.1. The second-order valence-corrected chi connectivity index (χ2v) is 4.48. The van der Waals surface area contributed by atoms with E-state index in [4.69, 9.17) is 4.74 Å². The molecule has 0 saturated carbocycles. The van der Waals surface area contributed by atoms with Gasteiger partial charge in [0.25, 0.3) is 0 Å². The Hall–Kier alpha value is -1.98. The summed E-state index contributed by atoms with van der Waals surface area (Å²) >= 11 is 0. The average Bonchev–Trinajstić information content (AvgIpc) is 2.61. The molecule has 0 radical (unpaired) electrons. The van der Waals surface area contributed by atoms with Crippen LogP contribution in [0, 0.1) is 6.92 Å². The van der Waals surface area contributed by atoms with E-state index in [1.54, 1.807) is 25.5 Å². The van der Waals surface area contributed by atoms with E-state index in [9.17, 15) is 18.0 Å². The van der Waals surface area contributed by atoms with Gasteiger partial charge in [0.2, 0.25) is 0 Å². The fourth-order valence-corrected chi connectivity index (χ4v) is 2.29. The first kappa shape index (κ1) is 14.4. The molecule has 2 rings (SSSR count). The number of ether oxygens (including phenoxy) is 1. The summed E-state index contributed by atoms with van der Waals surface area (Å²) in [5.41, 5.74) is 0.612. The van der Waals surface area contributed by atoms with Crippen molar-refractivity contribution in [1.29, 1.82) is 0 Å². The molecule has 108 valence electrons. The Morgan fingerprint density at radius 3 is 2.55 bits per heavy atom. The zero-order valence-electron chi connectivity index (χ0n) is 11.3. The Kier molecular flexibility index (Phi) is 3.50. The van der Waals surface area contributed by atoms with E-state index in [-0.39, 0.29) is 12.3 Å². The summed E-state index contributed by atoms with van der Waals surface area (Å²) in [6, 6.07) is 3.44. The Morgan fingerprint density at radius 1 is 1.35 bits per heavy atom. The molecule has 0 fully saturated rings. The van der Waals surface area contributed by atoms with E-state index >= 15 is 0 Å². The molecule has 1 aromatic heterocycles. The number of hydrogen-bond donors (Lipinski definition) is 0. The quantitative estimate of drug-likeness (QED) is 0.788. The van der Waals surface area contributed by atoms with Crippen molar-refractivity contribution in [3.8, 4) is 0 Å². The molecule has 6 heteroatoms. The molecule has 0 spiro atoms. The lowest BCUT2D eigenvalue weighted by molar-refractivity contribution is -0.137. The van der Waals surface area contributed by atoms with Crippen LogP contribution in [0.15, 0.2) is 18.2 Å². The molecule has 0 saturated heterocycles. The van der Waals surface area contributed by atoms with Crippen molar-refractivity contribution >= 4 is 16.9 Å². The van der Waals surface area contributed by atoms with E-state index in [1.807, 2.05) is 0 Å². The summed E-state index contributed by atoms with van der Waals surface area (Å²) in [5, 5.41) is 0.408. The normalized spacial score (nSPS) is 11.9. The fourth-order valence-electron chi connectivity index (χ4n) is 2.29. The molecule has 0 amide bonds. The Balaban J connectivity index is 2.67. The third kappa shape index (κ3) is 2.26. The molecule has 0 bridgehead atoms. The van der Waals surface area contributed by atoms with Crippen molar-refractivity contribution in [3.05, 3.63) is 35.0 Å². The Bertz CT molecular complexity index is 671. The zero-order valence-corrected chi connectivity index (χ0v) is 11.3. The molecule has 0 aliphatic heterocycles. The number of nitrogens with zero attached hydrogens (tertiary/aromatic N) is 1. The first-order valence-corrected chi connectivity index (χ1v) is 6.10. The van der Waals surface area contributed by atoms with Crippen molar-refractivity contribution in [2.45, 2.75) is 20.0 Å². The van der Waals surface area contributed by atoms with Gasteiger partial charge in [0.05, 0.1) is 12.2 Å². The Morgan fingerprint density at radius 2 is 2.00 bits per heavy atom. The first-order chi connectivity index (χ1) is 9.27. The van der Waals surface area contributed by atoms with Crippen LogP contribution in [0.1, 0.15) is 28.5 Å². The number of esters is 1. The minimum atomic E-state index is -4.40. The van der Waals surface area contributed by atoms with Crippen LogP contribution >= 0.6 is 0 Å². The highest BCUT2D eigenvalue weighted by Gasteiger charge is 2.31. The van der Waals surface area contributed by atoms with Crippen LogP contribution < -0.4 is 0 Å². The van der Waals surface area contributed by atoms with Gasteiger partial charge in [-0.3, -0.25) is 0 Å². The highest BCUT2D eigenvalue weighted by atomic mass is 19.4. The Labute approximate surface area is 113 Å². The summed E-state index contributed by atoms with van der Waals surface area (Å²) in [6.45, 7) is 3.51. The van der Waals surface area contributed by atoms with Crippen LogP contribution in [0.3, 0.4) is 0 Å². The van der Waals surface area contributed by atoms with Crippen molar-refractivity contribution in [2.75, 3.05) is 6.61 Å². The fraction of sp³-hybridized carbons (Fsp3) is 0.357. The van der Waals surface area contributed by atoms with E-state index in [2.05, 4.69) is 0 Å². The highest BCUT2D eigenvalue weighted by Crippen LogP contribution is 2.34. The lowest BCUT2D eigenvalue weighted by Crippen LogP contribution is -2.10. The van der Waals surface area contributed by atoms with E-state index in [0.717, 1.165) is 12.1 Å². The van der Waals surface area contributed by atoms with E-state index in [1.165, 1.54) is 6.07 Å². The van der Waals surface area contributed by atoms with Gasteiger partial charge in [-0.05, 0) is 37.6 Å². The van der Waals surface area contributed by atoms with Crippen molar-refractivity contribution in [2.24, 2.45) is 7.05 Å². The number of aryl methyl sites for hydroxylation is 2. The van der Waals surface area contributed by atoms with Gasteiger partial charge in [0.1, 0.15) is 5.69 Å². The lowest BCUT2D eigenvalue weighted by Gasteiger charge is -2.06. The van der Waals surface area contributed by atoms with Crippen LogP contribution in [0.25, 0.3) is 10.9 Å². The summed E-state index contributed by atoms with van der Waals surface area (Å²) in [5.74, 6) is -0.530. The predicted octanol–water partition coefficient (Wildman–Crippen LogP) is 3.68. The standard InChI is InChI=1S/C14H14F3NO2/c1-4-20-13(19)12-8(2)10-7-9(14(15,16)17)5-6-11(10)18(12)3/h5-7H,4H2,1-3H3. The zero-order chi connectivity index (χ0) is 15.1. The maximum atomic E-state index is 12.7. The molecular weight excluding hydrogens is 271 g/mol. The summed E-state index contributed by atoms with van der Waals surface area (Å²) in [4.78, 5) is 11.9. The van der Waals surface area contributed by atoms with Gasteiger partial charge >= 0.3 is 12.1 Å². The molecule has 20 heavy (non-hydrogen) atoms. The minimum absolute atomic E-state index is 0.216. The SMILES string of the molecule is CCOC(=O)c1c(C)c2cc(C(F)(F)F)ccc2n1C. The number of carbonyl (C=O) groups is 1. The van der Waals surface area contributed by atoms with Gasteiger partial charge in [-0.15, -0.1) is 0 Å². The minimum Gasteiger partial charge on any atom is -0.461 e. The van der Waals surface area contributed by atoms with Crippen molar-refractivity contribution in [1.82, 2.24) is 4.57 Å². The van der Waals surface area contributed by atoms with Crippen LogP contribution in [0.4, 0.5) is 13.2 Å². The van der Waals surface area contributed by atoms with Gasteiger partial charge < -0.3 is 9.30 Å². The average molecular weight is 285 g/mol.